The van der Waals surface area contributed by atoms with Crippen LogP contribution < -0.4 is 4.74 Å². The lowest BCUT2D eigenvalue weighted by Gasteiger charge is -2.18. The normalized spacial score (nSPS) is 11.7. The Labute approximate surface area is 171 Å². The summed E-state index contributed by atoms with van der Waals surface area (Å²) in [6, 6.07) is 23.4. The minimum Gasteiger partial charge on any atom is -0.488 e. The van der Waals surface area contributed by atoms with Gasteiger partial charge in [0.05, 0.1) is 18.8 Å². The molecule has 0 aliphatic heterocycles. The first-order chi connectivity index (χ1) is 14.1. The fourth-order valence-electron chi connectivity index (χ4n) is 3.24. The Bertz CT molecular complexity index is 931. The molecule has 0 fully saturated rings. The quantitative estimate of drug-likeness (QED) is 0.557. The van der Waals surface area contributed by atoms with Crippen LogP contribution in [0.4, 0.5) is 0 Å². The molecule has 0 amide bonds. The number of carbonyl (C=O) groups is 1. The topological polar surface area (TPSA) is 55.8 Å². The molecule has 0 aliphatic carbocycles. The number of esters is 1. The van der Waals surface area contributed by atoms with E-state index in [-0.39, 0.29) is 5.97 Å². The second-order valence-corrected chi connectivity index (χ2v) is 6.97. The standard InChI is InChI=1S/C25H26O4/c1-18(26)23-10-6-9-21(14-11-19-7-4-3-5-8-19)24(23)29-17-20-12-15-22(16-13-20)25(27)28-2/h3-10,12-13,15-16,18,26H,11,14,17H2,1-2H3. The van der Waals surface area contributed by atoms with Crippen LogP contribution in [-0.2, 0) is 24.2 Å². The molecule has 0 aromatic heterocycles. The van der Waals surface area contributed by atoms with Crippen LogP contribution in [0.3, 0.4) is 0 Å². The van der Waals surface area contributed by atoms with E-state index in [4.69, 9.17) is 9.47 Å². The zero-order valence-corrected chi connectivity index (χ0v) is 16.8. The van der Waals surface area contributed by atoms with Gasteiger partial charge in [-0.2, -0.15) is 0 Å². The molecule has 3 rings (SSSR count). The highest BCUT2D eigenvalue weighted by molar-refractivity contribution is 5.89. The number of aryl methyl sites for hydroxylation is 2. The first-order valence-corrected chi connectivity index (χ1v) is 9.72. The van der Waals surface area contributed by atoms with Crippen LogP contribution in [0.15, 0.2) is 72.8 Å². The van der Waals surface area contributed by atoms with Crippen LogP contribution in [-0.4, -0.2) is 18.2 Å². The largest absolute Gasteiger partial charge is 0.488 e. The van der Waals surface area contributed by atoms with Gasteiger partial charge in [-0.1, -0.05) is 60.7 Å². The van der Waals surface area contributed by atoms with Crippen LogP contribution in [0.1, 0.15) is 45.6 Å². The molecule has 4 heteroatoms. The summed E-state index contributed by atoms with van der Waals surface area (Å²) in [6.07, 6.45) is 1.10. The summed E-state index contributed by atoms with van der Waals surface area (Å²) in [5.41, 5.74) is 4.55. The number of carbonyl (C=O) groups excluding carboxylic acids is 1. The van der Waals surface area contributed by atoms with Gasteiger partial charge in [0.2, 0.25) is 0 Å². The van der Waals surface area contributed by atoms with Crippen molar-refractivity contribution < 1.29 is 19.4 Å². The average Bonchev–Trinajstić information content (AvgIpc) is 2.76. The number of benzene rings is 3. The Morgan fingerprint density at radius 3 is 2.28 bits per heavy atom. The van der Waals surface area contributed by atoms with Gasteiger partial charge in [-0.3, -0.25) is 0 Å². The lowest BCUT2D eigenvalue weighted by molar-refractivity contribution is 0.0600. The van der Waals surface area contributed by atoms with Crippen molar-refractivity contribution in [1.29, 1.82) is 0 Å². The number of methoxy groups -OCH3 is 1. The Hall–Kier alpha value is -3.11. The third-order valence-electron chi connectivity index (χ3n) is 4.86. The molecule has 0 bridgehead atoms. The number of aliphatic hydroxyl groups excluding tert-OH is 1. The third kappa shape index (κ3) is 5.46. The summed E-state index contributed by atoms with van der Waals surface area (Å²) in [7, 11) is 1.36. The fourth-order valence-corrected chi connectivity index (χ4v) is 3.24. The minimum absolute atomic E-state index is 0.351. The van der Waals surface area contributed by atoms with Gasteiger partial charge in [-0.05, 0) is 48.6 Å². The molecular formula is C25H26O4. The van der Waals surface area contributed by atoms with Crippen molar-refractivity contribution >= 4 is 5.97 Å². The number of aliphatic hydroxyl groups is 1. The Balaban J connectivity index is 1.76. The van der Waals surface area contributed by atoms with Gasteiger partial charge < -0.3 is 14.6 Å². The highest BCUT2D eigenvalue weighted by Crippen LogP contribution is 2.31. The summed E-state index contributed by atoms with van der Waals surface area (Å²) >= 11 is 0. The molecule has 4 nitrogen and oxygen atoms in total. The van der Waals surface area contributed by atoms with E-state index in [1.165, 1.54) is 12.7 Å². The Morgan fingerprint density at radius 2 is 1.62 bits per heavy atom. The molecule has 150 valence electrons. The maximum absolute atomic E-state index is 11.6. The maximum atomic E-state index is 11.6. The zero-order chi connectivity index (χ0) is 20.6. The predicted octanol–water partition coefficient (Wildman–Crippen LogP) is 4.89. The Kier molecular flexibility index (Phi) is 7.04. The van der Waals surface area contributed by atoms with Crippen LogP contribution in [0.2, 0.25) is 0 Å². The zero-order valence-electron chi connectivity index (χ0n) is 16.8. The molecule has 0 radical (unpaired) electrons. The van der Waals surface area contributed by atoms with Crippen molar-refractivity contribution in [3.05, 3.63) is 101 Å². The molecule has 0 saturated carbocycles. The summed E-state index contributed by atoms with van der Waals surface area (Å²) in [5, 5.41) is 10.2. The molecule has 1 unspecified atom stereocenters. The minimum atomic E-state index is -0.622. The highest BCUT2D eigenvalue weighted by atomic mass is 16.5. The highest BCUT2D eigenvalue weighted by Gasteiger charge is 2.14. The monoisotopic (exact) mass is 390 g/mol. The van der Waals surface area contributed by atoms with E-state index >= 15 is 0 Å². The molecule has 29 heavy (non-hydrogen) atoms. The van der Waals surface area contributed by atoms with Crippen molar-refractivity contribution in [3.8, 4) is 5.75 Å². The van der Waals surface area contributed by atoms with Crippen molar-refractivity contribution in [1.82, 2.24) is 0 Å². The van der Waals surface area contributed by atoms with Crippen molar-refractivity contribution in [2.75, 3.05) is 7.11 Å². The fraction of sp³-hybridized carbons (Fsp3) is 0.240. The molecule has 3 aromatic carbocycles. The predicted molar refractivity (Wildman–Crippen MR) is 113 cm³/mol. The van der Waals surface area contributed by atoms with Gasteiger partial charge in [0.1, 0.15) is 12.4 Å². The SMILES string of the molecule is COC(=O)c1ccc(COc2c(CCc3ccccc3)cccc2C(C)O)cc1. The van der Waals surface area contributed by atoms with Gasteiger partial charge in [0.15, 0.2) is 0 Å². The summed E-state index contributed by atoms with van der Waals surface area (Å²) in [6.45, 7) is 2.10. The van der Waals surface area contributed by atoms with E-state index in [0.717, 1.165) is 35.3 Å². The van der Waals surface area contributed by atoms with E-state index in [9.17, 15) is 9.90 Å². The lowest BCUT2D eigenvalue weighted by Crippen LogP contribution is -2.06. The van der Waals surface area contributed by atoms with E-state index in [1.807, 2.05) is 48.5 Å². The van der Waals surface area contributed by atoms with E-state index in [1.54, 1.807) is 19.1 Å². The van der Waals surface area contributed by atoms with Gasteiger partial charge >= 0.3 is 5.97 Å². The summed E-state index contributed by atoms with van der Waals surface area (Å²) < 4.78 is 10.9. The van der Waals surface area contributed by atoms with Crippen LogP contribution in [0.5, 0.6) is 5.75 Å². The number of rotatable bonds is 8. The van der Waals surface area contributed by atoms with E-state index in [2.05, 4.69) is 12.1 Å². The molecule has 1 N–H and O–H groups in total. The Morgan fingerprint density at radius 1 is 0.897 bits per heavy atom. The lowest BCUT2D eigenvalue weighted by atomic mass is 9.99. The number of ether oxygens (including phenoxy) is 2. The number of hydrogen-bond donors (Lipinski definition) is 1. The van der Waals surface area contributed by atoms with Gasteiger partial charge in [0.25, 0.3) is 0 Å². The molecule has 0 aliphatic rings. The van der Waals surface area contributed by atoms with Gasteiger partial charge in [0, 0.05) is 5.56 Å². The maximum Gasteiger partial charge on any atom is 0.337 e. The van der Waals surface area contributed by atoms with Crippen molar-refractivity contribution in [3.63, 3.8) is 0 Å². The average molecular weight is 390 g/mol. The molecule has 3 aromatic rings. The molecule has 0 saturated heterocycles. The van der Waals surface area contributed by atoms with Crippen LogP contribution in [0, 0.1) is 0 Å². The second-order valence-electron chi connectivity index (χ2n) is 6.97. The van der Waals surface area contributed by atoms with Crippen molar-refractivity contribution in [2.24, 2.45) is 0 Å². The van der Waals surface area contributed by atoms with E-state index < -0.39 is 6.10 Å². The number of para-hydroxylation sites is 1. The molecule has 0 heterocycles. The van der Waals surface area contributed by atoms with Crippen LogP contribution >= 0.6 is 0 Å². The van der Waals surface area contributed by atoms with Gasteiger partial charge in [-0.25, -0.2) is 4.79 Å². The van der Waals surface area contributed by atoms with Crippen LogP contribution in [0.25, 0.3) is 0 Å². The number of hydrogen-bond acceptors (Lipinski definition) is 4. The first kappa shape index (κ1) is 20.6. The molecule has 1 atom stereocenters. The molecular weight excluding hydrogens is 364 g/mol. The third-order valence-corrected chi connectivity index (χ3v) is 4.86. The summed E-state index contributed by atoms with van der Waals surface area (Å²) in [5.74, 6) is 0.371. The van der Waals surface area contributed by atoms with Gasteiger partial charge in [-0.15, -0.1) is 0 Å². The molecule has 0 spiro atoms. The van der Waals surface area contributed by atoms with Crippen molar-refractivity contribution in [2.45, 2.75) is 32.5 Å². The van der Waals surface area contributed by atoms with E-state index in [0.29, 0.717) is 12.2 Å². The summed E-state index contributed by atoms with van der Waals surface area (Å²) in [4.78, 5) is 11.6. The first-order valence-electron chi connectivity index (χ1n) is 9.72. The smallest absolute Gasteiger partial charge is 0.337 e. The second kappa shape index (κ2) is 9.89.